The highest BCUT2D eigenvalue weighted by Crippen LogP contribution is 2.29. The van der Waals surface area contributed by atoms with E-state index in [1.165, 1.54) is 0 Å². The Balaban J connectivity index is 2.34. The highest BCUT2D eigenvalue weighted by Gasteiger charge is 2.21. The van der Waals surface area contributed by atoms with Gasteiger partial charge in [0.1, 0.15) is 11.3 Å². The minimum atomic E-state index is 0.0303. The first-order valence-corrected chi connectivity index (χ1v) is 6.11. The topological polar surface area (TPSA) is 59.4 Å². The molecule has 2 atom stereocenters. The lowest BCUT2D eigenvalue weighted by atomic mass is 9.92. The molecule has 0 spiro atoms. The maximum Gasteiger partial charge on any atom is 0.134 e. The lowest BCUT2D eigenvalue weighted by molar-refractivity contribution is 0.256. The molecule has 0 radical (unpaired) electrons. The summed E-state index contributed by atoms with van der Waals surface area (Å²) in [4.78, 5) is 0. The average Bonchev–Trinajstić information content (AvgIpc) is 2.78. The van der Waals surface area contributed by atoms with Crippen molar-refractivity contribution in [3.05, 3.63) is 36.1 Å². The largest absolute Gasteiger partial charge is 0.461 e. The Hall–Kier alpha value is -1.32. The van der Waals surface area contributed by atoms with Crippen LogP contribution >= 0.6 is 0 Å². The summed E-state index contributed by atoms with van der Waals surface area (Å²) in [7, 11) is 0. The summed E-state index contributed by atoms with van der Waals surface area (Å²) in [5.41, 5.74) is 6.97. The summed E-state index contributed by atoms with van der Waals surface area (Å²) in [5.74, 6) is 0.979. The van der Waals surface area contributed by atoms with Crippen LogP contribution in [0.1, 0.15) is 31.4 Å². The molecule has 3 N–H and O–H groups in total. The molecule has 0 aliphatic carbocycles. The molecule has 17 heavy (non-hydrogen) atoms. The van der Waals surface area contributed by atoms with Crippen LogP contribution in [0.5, 0.6) is 0 Å². The fraction of sp³-hybridized carbons (Fsp3) is 0.429. The quantitative estimate of drug-likeness (QED) is 0.834. The molecular formula is C14H19NO2. The van der Waals surface area contributed by atoms with E-state index < -0.39 is 0 Å². The molecule has 0 bridgehead atoms. The normalized spacial score (nSPS) is 15.0. The maximum atomic E-state index is 9.12. The molecule has 0 aliphatic rings. The van der Waals surface area contributed by atoms with E-state index in [-0.39, 0.29) is 18.6 Å². The Morgan fingerprint density at radius 2 is 2.12 bits per heavy atom. The van der Waals surface area contributed by atoms with Crippen molar-refractivity contribution >= 4 is 11.0 Å². The van der Waals surface area contributed by atoms with Crippen LogP contribution in [0, 0.1) is 0 Å². The summed E-state index contributed by atoms with van der Waals surface area (Å²) in [5, 5.41) is 10.2. The molecular weight excluding hydrogens is 214 g/mol. The number of benzene rings is 1. The molecule has 0 saturated carbocycles. The highest BCUT2D eigenvalue weighted by atomic mass is 16.3. The van der Waals surface area contributed by atoms with Gasteiger partial charge in [-0.05, 0) is 25.0 Å². The summed E-state index contributed by atoms with van der Waals surface area (Å²) >= 11 is 0. The lowest BCUT2D eigenvalue weighted by Gasteiger charge is -2.19. The van der Waals surface area contributed by atoms with Crippen molar-refractivity contribution in [1.82, 2.24) is 0 Å². The zero-order valence-corrected chi connectivity index (χ0v) is 10.1. The fourth-order valence-electron chi connectivity index (χ4n) is 2.18. The Morgan fingerprint density at radius 3 is 2.76 bits per heavy atom. The zero-order valence-electron chi connectivity index (χ0n) is 10.1. The molecule has 2 rings (SSSR count). The van der Waals surface area contributed by atoms with Crippen molar-refractivity contribution in [2.45, 2.75) is 31.7 Å². The number of aliphatic hydroxyl groups is 1. The predicted octanol–water partition coefficient (Wildman–Crippen LogP) is 2.64. The number of para-hydroxylation sites is 1. The van der Waals surface area contributed by atoms with E-state index >= 15 is 0 Å². The van der Waals surface area contributed by atoms with Crippen LogP contribution in [0.25, 0.3) is 11.0 Å². The number of aliphatic hydroxyl groups excluding tert-OH is 1. The van der Waals surface area contributed by atoms with Crippen LogP contribution in [0.15, 0.2) is 34.7 Å². The molecule has 3 nitrogen and oxygen atoms in total. The fourth-order valence-corrected chi connectivity index (χ4v) is 2.18. The van der Waals surface area contributed by atoms with E-state index in [1.54, 1.807) is 0 Å². The molecule has 3 heteroatoms. The van der Waals surface area contributed by atoms with E-state index in [9.17, 15) is 0 Å². The SMILES string of the molecule is CCC(N)C(CCO)c1cc2ccccc2o1. The van der Waals surface area contributed by atoms with Crippen LogP contribution in [-0.2, 0) is 0 Å². The number of rotatable bonds is 5. The van der Waals surface area contributed by atoms with E-state index in [4.69, 9.17) is 15.3 Å². The number of furan rings is 1. The van der Waals surface area contributed by atoms with Gasteiger partial charge in [0.15, 0.2) is 0 Å². The van der Waals surface area contributed by atoms with Gasteiger partial charge < -0.3 is 15.3 Å². The molecule has 1 aromatic carbocycles. The van der Waals surface area contributed by atoms with Crippen molar-refractivity contribution < 1.29 is 9.52 Å². The van der Waals surface area contributed by atoms with Crippen LogP contribution < -0.4 is 5.73 Å². The predicted molar refractivity (Wildman–Crippen MR) is 68.9 cm³/mol. The molecule has 2 aromatic rings. The molecule has 0 saturated heterocycles. The number of nitrogens with two attached hydrogens (primary N) is 1. The molecule has 0 aliphatic heterocycles. The van der Waals surface area contributed by atoms with Gasteiger partial charge in [-0.25, -0.2) is 0 Å². The van der Waals surface area contributed by atoms with E-state index in [0.717, 1.165) is 23.2 Å². The second kappa shape index (κ2) is 5.34. The van der Waals surface area contributed by atoms with Crippen molar-refractivity contribution in [3.63, 3.8) is 0 Å². The van der Waals surface area contributed by atoms with E-state index in [2.05, 4.69) is 6.92 Å². The Morgan fingerprint density at radius 1 is 1.35 bits per heavy atom. The highest BCUT2D eigenvalue weighted by molar-refractivity contribution is 5.77. The van der Waals surface area contributed by atoms with Gasteiger partial charge >= 0.3 is 0 Å². The monoisotopic (exact) mass is 233 g/mol. The Bertz CT molecular complexity index is 445. The number of hydrogen-bond donors (Lipinski definition) is 2. The van der Waals surface area contributed by atoms with Gasteiger partial charge in [-0.2, -0.15) is 0 Å². The molecule has 1 heterocycles. The first-order chi connectivity index (χ1) is 8.26. The summed E-state index contributed by atoms with van der Waals surface area (Å²) in [6.07, 6.45) is 1.52. The third-order valence-electron chi connectivity index (χ3n) is 3.24. The smallest absolute Gasteiger partial charge is 0.134 e. The van der Waals surface area contributed by atoms with Gasteiger partial charge in [-0.1, -0.05) is 25.1 Å². The minimum Gasteiger partial charge on any atom is -0.461 e. The zero-order chi connectivity index (χ0) is 12.3. The van der Waals surface area contributed by atoms with Gasteiger partial charge in [0, 0.05) is 24.0 Å². The standard InChI is InChI=1S/C14H19NO2/c1-2-12(15)11(7-8-16)14-9-10-5-3-4-6-13(10)17-14/h3-6,9,11-12,16H,2,7-8,15H2,1H3. The van der Waals surface area contributed by atoms with Crippen LogP contribution in [0.3, 0.4) is 0 Å². The minimum absolute atomic E-state index is 0.0303. The summed E-state index contributed by atoms with van der Waals surface area (Å²) in [6.45, 7) is 2.19. The van der Waals surface area contributed by atoms with Crippen molar-refractivity contribution in [3.8, 4) is 0 Å². The van der Waals surface area contributed by atoms with Gasteiger partial charge in [0.25, 0.3) is 0 Å². The molecule has 92 valence electrons. The van der Waals surface area contributed by atoms with E-state index in [0.29, 0.717) is 6.42 Å². The third-order valence-corrected chi connectivity index (χ3v) is 3.24. The lowest BCUT2D eigenvalue weighted by Crippen LogP contribution is -2.28. The summed E-state index contributed by atoms with van der Waals surface area (Å²) in [6, 6.07) is 9.98. The average molecular weight is 233 g/mol. The maximum absolute atomic E-state index is 9.12. The molecule has 1 aromatic heterocycles. The molecule has 0 amide bonds. The van der Waals surface area contributed by atoms with Gasteiger partial charge in [-0.15, -0.1) is 0 Å². The summed E-state index contributed by atoms with van der Waals surface area (Å²) < 4.78 is 5.81. The second-order valence-electron chi connectivity index (χ2n) is 4.38. The Kier molecular flexibility index (Phi) is 3.82. The van der Waals surface area contributed by atoms with Gasteiger partial charge in [-0.3, -0.25) is 0 Å². The third kappa shape index (κ3) is 2.51. The second-order valence-corrected chi connectivity index (χ2v) is 4.38. The molecule has 0 fully saturated rings. The molecule has 2 unspecified atom stereocenters. The van der Waals surface area contributed by atoms with Crippen molar-refractivity contribution in [2.75, 3.05) is 6.61 Å². The van der Waals surface area contributed by atoms with Crippen molar-refractivity contribution in [1.29, 1.82) is 0 Å². The van der Waals surface area contributed by atoms with Crippen LogP contribution in [0.2, 0.25) is 0 Å². The van der Waals surface area contributed by atoms with Crippen LogP contribution in [0.4, 0.5) is 0 Å². The van der Waals surface area contributed by atoms with Gasteiger partial charge in [0.2, 0.25) is 0 Å². The first kappa shape index (κ1) is 12.1. The van der Waals surface area contributed by atoms with E-state index in [1.807, 2.05) is 30.3 Å². The van der Waals surface area contributed by atoms with Gasteiger partial charge in [0.05, 0.1) is 0 Å². The van der Waals surface area contributed by atoms with Crippen LogP contribution in [-0.4, -0.2) is 17.8 Å². The number of hydrogen-bond acceptors (Lipinski definition) is 3. The number of fused-ring (bicyclic) bond motifs is 1. The first-order valence-electron chi connectivity index (χ1n) is 6.11. The van der Waals surface area contributed by atoms with Crippen molar-refractivity contribution in [2.24, 2.45) is 5.73 Å². The Labute approximate surface area is 101 Å².